The number of benzene rings is 1. The van der Waals surface area contributed by atoms with E-state index in [1.807, 2.05) is 0 Å². The van der Waals surface area contributed by atoms with Crippen LogP contribution in [0.2, 0.25) is 0 Å². The van der Waals surface area contributed by atoms with Gasteiger partial charge in [0.15, 0.2) is 0 Å². The molecular formula is C8H7CsO4. The Balaban J connectivity index is 0. The summed E-state index contributed by atoms with van der Waals surface area (Å²) >= 11 is 0. The SMILES string of the molecule is O=C(O)c1cccc(C(=O)O)c1.[Cs+].[H-]. The first-order chi connectivity index (χ1) is 5.61. The molecule has 0 bridgehead atoms. The maximum absolute atomic E-state index is 10.4. The molecule has 0 fully saturated rings. The Bertz CT molecular complexity index is 311. The third-order valence-corrected chi connectivity index (χ3v) is 1.36. The Morgan fingerprint density at radius 3 is 1.77 bits per heavy atom. The molecule has 0 atom stereocenters. The van der Waals surface area contributed by atoms with Crippen LogP contribution >= 0.6 is 0 Å². The zero-order valence-electron chi connectivity index (χ0n) is 8.02. The Morgan fingerprint density at radius 2 is 1.46 bits per heavy atom. The number of carboxylic acid groups (broad SMARTS) is 2. The minimum Gasteiger partial charge on any atom is -1.00 e. The van der Waals surface area contributed by atoms with E-state index in [9.17, 15) is 9.59 Å². The summed E-state index contributed by atoms with van der Waals surface area (Å²) < 4.78 is 0. The first-order valence-electron chi connectivity index (χ1n) is 3.18. The number of hydrogen-bond acceptors (Lipinski definition) is 2. The smallest absolute Gasteiger partial charge is 1.00 e. The average Bonchev–Trinajstić information content (AvgIpc) is 2.04. The molecule has 0 amide bonds. The van der Waals surface area contributed by atoms with E-state index < -0.39 is 11.9 Å². The summed E-state index contributed by atoms with van der Waals surface area (Å²) in [5.74, 6) is -2.25. The molecular weight excluding hydrogens is 293 g/mol. The fourth-order valence-electron chi connectivity index (χ4n) is 0.785. The van der Waals surface area contributed by atoms with Gasteiger partial charge in [-0.05, 0) is 18.2 Å². The van der Waals surface area contributed by atoms with Gasteiger partial charge in [-0.25, -0.2) is 9.59 Å². The molecule has 0 aliphatic rings. The second-order valence-electron chi connectivity index (χ2n) is 2.19. The molecule has 0 aliphatic heterocycles. The molecule has 0 aromatic heterocycles. The third-order valence-electron chi connectivity index (χ3n) is 1.36. The molecule has 1 aromatic carbocycles. The molecule has 0 saturated carbocycles. The van der Waals surface area contributed by atoms with Crippen molar-refractivity contribution < 1.29 is 90.1 Å². The maximum atomic E-state index is 10.4. The average molecular weight is 300 g/mol. The quantitative estimate of drug-likeness (QED) is 0.676. The van der Waals surface area contributed by atoms with Gasteiger partial charge in [-0.3, -0.25) is 0 Å². The van der Waals surface area contributed by atoms with Crippen molar-refractivity contribution >= 4 is 11.9 Å². The Labute approximate surface area is 135 Å². The van der Waals surface area contributed by atoms with Gasteiger partial charge in [-0.2, -0.15) is 0 Å². The minimum absolute atomic E-state index is 0. The molecule has 4 nitrogen and oxygen atoms in total. The van der Waals surface area contributed by atoms with Crippen molar-refractivity contribution in [2.24, 2.45) is 0 Å². The standard InChI is InChI=1S/C8H6O4.Cs.H/c9-7(10)5-2-1-3-6(4-5)8(11)12;;/h1-4H,(H,9,10)(H,11,12);;/q;+1;-1. The van der Waals surface area contributed by atoms with Gasteiger partial charge in [0.05, 0.1) is 11.1 Å². The fourth-order valence-corrected chi connectivity index (χ4v) is 0.785. The van der Waals surface area contributed by atoms with Crippen LogP contribution in [0.5, 0.6) is 0 Å². The van der Waals surface area contributed by atoms with Gasteiger partial charge in [-0.1, -0.05) is 6.07 Å². The largest absolute Gasteiger partial charge is 1.00 e. The first-order valence-corrected chi connectivity index (χ1v) is 3.18. The summed E-state index contributed by atoms with van der Waals surface area (Å²) in [5, 5.41) is 17.0. The second-order valence-corrected chi connectivity index (χ2v) is 2.19. The van der Waals surface area contributed by atoms with E-state index in [2.05, 4.69) is 0 Å². The molecule has 0 aliphatic carbocycles. The van der Waals surface area contributed by atoms with Crippen LogP contribution in [0.3, 0.4) is 0 Å². The Kier molecular flexibility index (Phi) is 5.94. The molecule has 0 spiro atoms. The monoisotopic (exact) mass is 300 g/mol. The maximum Gasteiger partial charge on any atom is 1.00 e. The number of aromatic carboxylic acids is 2. The minimum atomic E-state index is -1.13. The zero-order chi connectivity index (χ0) is 9.14. The number of carbonyl (C=O) groups is 2. The van der Waals surface area contributed by atoms with Crippen molar-refractivity contribution in [2.75, 3.05) is 0 Å². The summed E-state index contributed by atoms with van der Waals surface area (Å²) in [5.41, 5.74) is -0.0372. The van der Waals surface area contributed by atoms with Crippen LogP contribution in [0.25, 0.3) is 0 Å². The molecule has 64 valence electrons. The van der Waals surface area contributed by atoms with Crippen LogP contribution in [0.4, 0.5) is 0 Å². The van der Waals surface area contributed by atoms with Crippen LogP contribution in [0.1, 0.15) is 22.1 Å². The van der Waals surface area contributed by atoms with Crippen molar-refractivity contribution in [3.05, 3.63) is 35.4 Å². The molecule has 1 aromatic rings. The molecule has 0 heterocycles. The van der Waals surface area contributed by atoms with E-state index in [4.69, 9.17) is 10.2 Å². The fraction of sp³-hybridized carbons (Fsp3) is 0. The summed E-state index contributed by atoms with van der Waals surface area (Å²) in [4.78, 5) is 20.8. The van der Waals surface area contributed by atoms with E-state index in [-0.39, 0.29) is 81.4 Å². The molecule has 1 rings (SSSR count). The van der Waals surface area contributed by atoms with Crippen molar-refractivity contribution in [2.45, 2.75) is 0 Å². The van der Waals surface area contributed by atoms with Crippen molar-refractivity contribution in [3.8, 4) is 0 Å². The van der Waals surface area contributed by atoms with E-state index in [1.54, 1.807) is 0 Å². The van der Waals surface area contributed by atoms with Gasteiger partial charge in [0.25, 0.3) is 0 Å². The van der Waals surface area contributed by atoms with Crippen LogP contribution < -0.4 is 68.9 Å². The van der Waals surface area contributed by atoms with E-state index in [0.29, 0.717) is 0 Å². The normalized spacial score (nSPS) is 8.62. The van der Waals surface area contributed by atoms with Crippen LogP contribution in [0, 0.1) is 0 Å². The van der Waals surface area contributed by atoms with E-state index in [1.165, 1.54) is 18.2 Å². The van der Waals surface area contributed by atoms with Gasteiger partial charge in [0, 0.05) is 0 Å². The number of rotatable bonds is 2. The molecule has 0 radical (unpaired) electrons. The third kappa shape index (κ3) is 3.84. The summed E-state index contributed by atoms with van der Waals surface area (Å²) in [6.07, 6.45) is 0. The topological polar surface area (TPSA) is 74.6 Å². The van der Waals surface area contributed by atoms with E-state index in [0.717, 1.165) is 6.07 Å². The predicted molar refractivity (Wildman–Crippen MR) is 41.5 cm³/mol. The Hall–Kier alpha value is 0.212. The Morgan fingerprint density at radius 1 is 1.08 bits per heavy atom. The number of carboxylic acids is 2. The van der Waals surface area contributed by atoms with Crippen LogP contribution in [0.15, 0.2) is 24.3 Å². The van der Waals surface area contributed by atoms with Gasteiger partial charge in [0.2, 0.25) is 0 Å². The predicted octanol–water partition coefficient (Wildman–Crippen LogP) is -1.80. The van der Waals surface area contributed by atoms with Gasteiger partial charge in [-0.15, -0.1) is 0 Å². The molecule has 0 saturated heterocycles. The second kappa shape index (κ2) is 5.84. The summed E-state index contributed by atoms with van der Waals surface area (Å²) in [6, 6.07) is 5.20. The first kappa shape index (κ1) is 13.2. The summed E-state index contributed by atoms with van der Waals surface area (Å²) in [6.45, 7) is 0. The molecule has 5 heteroatoms. The molecule has 0 unspecified atom stereocenters. The molecule has 13 heavy (non-hydrogen) atoms. The zero-order valence-corrected chi connectivity index (χ0v) is 13.3. The van der Waals surface area contributed by atoms with Crippen LogP contribution in [-0.2, 0) is 0 Å². The van der Waals surface area contributed by atoms with Gasteiger partial charge < -0.3 is 11.6 Å². The van der Waals surface area contributed by atoms with Crippen molar-refractivity contribution in [1.82, 2.24) is 0 Å². The molecule has 2 N–H and O–H groups in total. The summed E-state index contributed by atoms with van der Waals surface area (Å²) in [7, 11) is 0. The van der Waals surface area contributed by atoms with Gasteiger partial charge >= 0.3 is 80.8 Å². The van der Waals surface area contributed by atoms with Crippen molar-refractivity contribution in [3.63, 3.8) is 0 Å². The van der Waals surface area contributed by atoms with E-state index >= 15 is 0 Å². The number of hydrogen-bond donors (Lipinski definition) is 2. The van der Waals surface area contributed by atoms with Gasteiger partial charge in [0.1, 0.15) is 0 Å². The van der Waals surface area contributed by atoms with Crippen LogP contribution in [-0.4, -0.2) is 22.2 Å². The van der Waals surface area contributed by atoms with Crippen molar-refractivity contribution in [1.29, 1.82) is 0 Å².